The van der Waals surface area contributed by atoms with Crippen LogP contribution in [0.15, 0.2) is 18.3 Å². The summed E-state index contributed by atoms with van der Waals surface area (Å²) in [7, 11) is 0. The van der Waals surface area contributed by atoms with Crippen molar-refractivity contribution in [3.63, 3.8) is 0 Å². The van der Waals surface area contributed by atoms with Gasteiger partial charge >= 0.3 is 19.5 Å². The molecular weight excluding hydrogens is 235 g/mol. The number of hydrogen-bond donors (Lipinski definition) is 1. The number of aromatic amines is 1. The summed E-state index contributed by atoms with van der Waals surface area (Å²) in [6, 6.07) is 3.71. The molecule has 0 saturated heterocycles. The molecule has 0 aliphatic rings. The van der Waals surface area contributed by atoms with Crippen LogP contribution in [0.25, 0.3) is 0 Å². The van der Waals surface area contributed by atoms with E-state index < -0.39 is 0 Å². The first-order valence-corrected chi connectivity index (χ1v) is 3.62. The Kier molecular flexibility index (Phi) is 84.0. The van der Waals surface area contributed by atoms with Gasteiger partial charge in [0.1, 0.15) is 0 Å². The van der Waals surface area contributed by atoms with Crippen LogP contribution in [0.4, 0.5) is 0 Å². The van der Waals surface area contributed by atoms with Crippen LogP contribution in [0.1, 0.15) is 20.8 Å². The van der Waals surface area contributed by atoms with Crippen LogP contribution in [0.5, 0.6) is 0 Å². The second-order valence-electron chi connectivity index (χ2n) is 0.814. The number of hydrogen-bond acceptors (Lipinski definition) is 0. The first kappa shape index (κ1) is 22.7. The van der Waals surface area contributed by atoms with Gasteiger partial charge < -0.3 is 25.8 Å². The van der Waals surface area contributed by atoms with Crippen molar-refractivity contribution >= 4 is 0 Å². The van der Waals surface area contributed by atoms with Crippen molar-refractivity contribution in [3.05, 3.63) is 45.3 Å². The van der Waals surface area contributed by atoms with E-state index in [9.17, 15) is 0 Å². The summed E-state index contributed by atoms with van der Waals surface area (Å²) in [5, 5.41) is 0. The molecule has 0 spiro atoms. The van der Waals surface area contributed by atoms with Gasteiger partial charge in [-0.1, -0.05) is 0 Å². The average Bonchev–Trinajstić information content (AvgIpc) is 2.71. The maximum atomic E-state index is 3.25. The molecule has 1 aromatic rings. The first-order chi connectivity index (χ1) is 5.50. The third-order valence-corrected chi connectivity index (χ3v) is 0.442. The van der Waals surface area contributed by atoms with E-state index in [4.69, 9.17) is 0 Å². The molecule has 0 saturated carbocycles. The summed E-state index contributed by atoms with van der Waals surface area (Å²) in [5.41, 5.74) is 0. The molecule has 0 bridgehead atoms. The molecular formula is C10H19NRu. The molecule has 1 heterocycles. The van der Waals surface area contributed by atoms with Gasteiger partial charge in [0, 0.05) is 0 Å². The molecule has 0 unspecified atom stereocenters. The van der Waals surface area contributed by atoms with Crippen LogP contribution >= 0.6 is 0 Å². The van der Waals surface area contributed by atoms with Crippen molar-refractivity contribution in [1.29, 1.82) is 0 Å². The van der Waals surface area contributed by atoms with E-state index in [0.717, 1.165) is 0 Å². The third kappa shape index (κ3) is 32.7. The fourth-order valence-electron chi connectivity index (χ4n) is 0.241. The molecule has 0 radical (unpaired) electrons. The first-order valence-electron chi connectivity index (χ1n) is 3.62. The van der Waals surface area contributed by atoms with Crippen LogP contribution < -0.4 is 0 Å². The molecule has 72 valence electrons. The van der Waals surface area contributed by atoms with Crippen LogP contribution in [0.2, 0.25) is 0 Å². The number of aromatic nitrogens is 1. The Morgan fingerprint density at radius 1 is 1.00 bits per heavy atom. The molecule has 1 rings (SSSR count). The molecule has 0 amide bonds. The maximum absolute atomic E-state index is 3.25. The zero-order chi connectivity index (χ0) is 9.54. The van der Waals surface area contributed by atoms with E-state index in [0.29, 0.717) is 0 Å². The van der Waals surface area contributed by atoms with Crippen molar-refractivity contribution < 1.29 is 19.5 Å². The van der Waals surface area contributed by atoms with E-state index in [-0.39, 0.29) is 19.5 Å². The Morgan fingerprint density at radius 2 is 1.42 bits per heavy atom. The second kappa shape index (κ2) is 44.5. The van der Waals surface area contributed by atoms with Crippen LogP contribution in [-0.2, 0) is 19.5 Å². The fraction of sp³-hybridized carbons (Fsp3) is 0.300. The van der Waals surface area contributed by atoms with E-state index in [1.807, 2.05) is 18.3 Å². The Morgan fingerprint density at radius 3 is 1.50 bits per heavy atom. The summed E-state index contributed by atoms with van der Waals surface area (Å²) < 4.78 is 0. The van der Waals surface area contributed by atoms with Crippen molar-refractivity contribution in [2.24, 2.45) is 0 Å². The molecule has 0 aliphatic carbocycles. The molecule has 1 aromatic heterocycles. The predicted molar refractivity (Wildman–Crippen MR) is 52.7 cm³/mol. The smallest absolute Gasteiger partial charge is 0.484 e. The van der Waals surface area contributed by atoms with Gasteiger partial charge in [0.25, 0.3) is 0 Å². The molecule has 0 atom stereocenters. The van der Waals surface area contributed by atoms with Crippen molar-refractivity contribution in [3.8, 4) is 0 Å². The Labute approximate surface area is 90.7 Å². The average molecular weight is 254 g/mol. The molecule has 1 nitrogen and oxygen atoms in total. The maximum Gasteiger partial charge on any atom is 4.00 e. The van der Waals surface area contributed by atoms with Crippen molar-refractivity contribution in [1.82, 2.24) is 4.98 Å². The Balaban J connectivity index is -0.0000000406. The number of nitrogens with one attached hydrogen (secondary N) is 1. The van der Waals surface area contributed by atoms with Gasteiger partial charge in [-0.3, -0.25) is 0 Å². The van der Waals surface area contributed by atoms with E-state index >= 15 is 0 Å². The molecule has 2 heteroatoms. The molecule has 0 aliphatic heterocycles. The largest absolute Gasteiger partial charge is 4.00 e. The summed E-state index contributed by atoms with van der Waals surface area (Å²) in [4.78, 5) is 2.74. The van der Waals surface area contributed by atoms with Crippen LogP contribution in [0, 0.1) is 27.0 Å². The van der Waals surface area contributed by atoms with Crippen LogP contribution in [-0.4, -0.2) is 4.98 Å². The molecule has 12 heavy (non-hydrogen) atoms. The third-order valence-electron chi connectivity index (χ3n) is 0.442. The summed E-state index contributed by atoms with van der Waals surface area (Å²) in [6.07, 6.45) is 4.56. The molecule has 0 fully saturated rings. The normalized spacial score (nSPS) is 4.83. The second-order valence-corrected chi connectivity index (χ2v) is 0.814. The Hall–Kier alpha value is -0.0966. The monoisotopic (exact) mass is 255 g/mol. The molecule has 1 N–H and O–H groups in total. The van der Waals surface area contributed by atoms with Gasteiger partial charge in [-0.2, -0.15) is 39.1 Å². The number of rotatable bonds is 0. The SMILES string of the molecule is [CH2-]C.[CH2-]C.[CH2-]C.[Ru+4].[c-]1ccc[nH]1. The minimum Gasteiger partial charge on any atom is -0.484 e. The van der Waals surface area contributed by atoms with E-state index in [1.54, 1.807) is 20.8 Å². The molecule has 0 aromatic carbocycles. The Bertz CT molecular complexity index is 66.3. The van der Waals surface area contributed by atoms with Gasteiger partial charge in [0.05, 0.1) is 0 Å². The van der Waals surface area contributed by atoms with Crippen molar-refractivity contribution in [2.45, 2.75) is 20.8 Å². The summed E-state index contributed by atoms with van der Waals surface area (Å²) in [6.45, 7) is 15.0. The minimum atomic E-state index is 0. The standard InChI is InChI=1S/C4H4N.3C2H5.Ru/c1-2-4-5-3-1;3*1-2;/h1-3,5H;3*1H2,2H3;/q4*-1;+4. The van der Waals surface area contributed by atoms with Gasteiger partial charge in [0.15, 0.2) is 0 Å². The van der Waals surface area contributed by atoms with Crippen molar-refractivity contribution in [2.75, 3.05) is 0 Å². The predicted octanol–water partition coefficient (Wildman–Crippen LogP) is 3.33. The van der Waals surface area contributed by atoms with Gasteiger partial charge in [-0.25, -0.2) is 0 Å². The van der Waals surface area contributed by atoms with Gasteiger partial charge in [-0.15, -0.1) is 6.20 Å². The topological polar surface area (TPSA) is 15.8 Å². The zero-order valence-corrected chi connectivity index (χ0v) is 9.95. The fourth-order valence-corrected chi connectivity index (χ4v) is 0.241. The minimum absolute atomic E-state index is 0. The quantitative estimate of drug-likeness (QED) is 0.540. The summed E-state index contributed by atoms with van der Waals surface area (Å²) >= 11 is 0. The summed E-state index contributed by atoms with van der Waals surface area (Å²) in [5.74, 6) is 0. The van der Waals surface area contributed by atoms with E-state index in [2.05, 4.69) is 32.0 Å². The number of H-pyrrole nitrogens is 1. The van der Waals surface area contributed by atoms with E-state index in [1.165, 1.54) is 0 Å². The van der Waals surface area contributed by atoms with Gasteiger partial charge in [-0.05, 0) is 0 Å². The van der Waals surface area contributed by atoms with Gasteiger partial charge in [0.2, 0.25) is 0 Å². The zero-order valence-electron chi connectivity index (χ0n) is 8.21. The van der Waals surface area contributed by atoms with Crippen LogP contribution in [0.3, 0.4) is 0 Å².